The zero-order valence-corrected chi connectivity index (χ0v) is 15.3. The molecular weight excluding hydrogens is 302 g/mol. The first-order chi connectivity index (χ1) is 11.8. The van der Waals surface area contributed by atoms with Crippen LogP contribution in [0.3, 0.4) is 0 Å². The molecule has 2 N–H and O–H groups in total. The average molecular weight is 340 g/mol. The third kappa shape index (κ3) is 7.39. The molecule has 5 heteroatoms. The minimum absolute atomic E-state index is 0.00139. The monoisotopic (exact) mass is 339 g/mol. The molecule has 0 atom stereocenters. The van der Waals surface area contributed by atoms with Crippen LogP contribution in [0.4, 0.5) is 4.79 Å². The molecule has 1 aliphatic heterocycles. The van der Waals surface area contributed by atoms with Crippen LogP contribution in [0.15, 0.2) is 0 Å². The molecule has 0 unspecified atom stereocenters. The highest BCUT2D eigenvalue weighted by Gasteiger charge is 2.18. The molecule has 1 aliphatic carbocycles. The number of aliphatic hydroxyl groups is 1. The van der Waals surface area contributed by atoms with E-state index in [2.05, 4.69) is 10.2 Å². The highest BCUT2D eigenvalue weighted by atomic mass is 16.3. The third-order valence-corrected chi connectivity index (χ3v) is 5.57. The van der Waals surface area contributed by atoms with E-state index in [1.54, 1.807) is 4.90 Å². The number of nitrogens with one attached hydrogen (secondary N) is 1. The Hall–Kier alpha value is -0.810. The van der Waals surface area contributed by atoms with E-state index >= 15 is 0 Å². The third-order valence-electron chi connectivity index (χ3n) is 5.57. The van der Waals surface area contributed by atoms with Crippen molar-refractivity contribution in [1.29, 1.82) is 0 Å². The molecule has 0 radical (unpaired) electrons. The Morgan fingerprint density at radius 1 is 1.04 bits per heavy atom. The van der Waals surface area contributed by atoms with E-state index in [0.29, 0.717) is 6.54 Å². The maximum absolute atomic E-state index is 12.3. The smallest absolute Gasteiger partial charge is 0.317 e. The van der Waals surface area contributed by atoms with Crippen molar-refractivity contribution >= 4 is 6.03 Å². The number of hydrogen-bond donors (Lipinski definition) is 2. The van der Waals surface area contributed by atoms with Crippen molar-refractivity contribution in [1.82, 2.24) is 15.1 Å². The molecule has 0 aromatic carbocycles. The van der Waals surface area contributed by atoms with E-state index in [1.165, 1.54) is 64.5 Å². The number of rotatable bonds is 9. The molecule has 1 saturated heterocycles. The van der Waals surface area contributed by atoms with Crippen molar-refractivity contribution in [2.24, 2.45) is 5.92 Å². The molecular formula is C19H37N3O2. The molecule has 2 fully saturated rings. The van der Waals surface area contributed by atoms with Gasteiger partial charge in [0.05, 0.1) is 6.61 Å². The SMILES string of the molecule is O=C(NCCCN1CCCCC1)N(CCO)CCC1CCCCC1. The fraction of sp³-hybridized carbons (Fsp3) is 0.947. The second kappa shape index (κ2) is 11.7. The van der Waals surface area contributed by atoms with E-state index in [9.17, 15) is 9.90 Å². The largest absolute Gasteiger partial charge is 0.395 e. The van der Waals surface area contributed by atoms with Crippen molar-refractivity contribution in [2.75, 3.05) is 45.9 Å². The van der Waals surface area contributed by atoms with Gasteiger partial charge in [-0.3, -0.25) is 0 Å². The van der Waals surface area contributed by atoms with Gasteiger partial charge in [0.15, 0.2) is 0 Å². The van der Waals surface area contributed by atoms with Crippen LogP contribution in [-0.2, 0) is 0 Å². The molecule has 2 amide bonds. The zero-order chi connectivity index (χ0) is 17.0. The zero-order valence-electron chi connectivity index (χ0n) is 15.3. The fourth-order valence-corrected chi connectivity index (χ4v) is 4.04. The number of hydrogen-bond acceptors (Lipinski definition) is 3. The lowest BCUT2D eigenvalue weighted by molar-refractivity contribution is 0.168. The van der Waals surface area contributed by atoms with Crippen molar-refractivity contribution in [3.63, 3.8) is 0 Å². The van der Waals surface area contributed by atoms with Gasteiger partial charge in [0, 0.05) is 19.6 Å². The average Bonchev–Trinajstić information content (AvgIpc) is 2.64. The van der Waals surface area contributed by atoms with E-state index < -0.39 is 0 Å². The van der Waals surface area contributed by atoms with Crippen molar-refractivity contribution < 1.29 is 9.90 Å². The predicted octanol–water partition coefficient (Wildman–Crippen LogP) is 2.84. The maximum Gasteiger partial charge on any atom is 0.317 e. The van der Waals surface area contributed by atoms with Gasteiger partial charge in [-0.1, -0.05) is 38.5 Å². The molecule has 140 valence electrons. The van der Waals surface area contributed by atoms with Gasteiger partial charge < -0.3 is 20.2 Å². The Balaban J connectivity index is 1.60. The Bertz CT molecular complexity index is 340. The van der Waals surface area contributed by atoms with E-state index in [1.807, 2.05) is 0 Å². The molecule has 2 aliphatic rings. The fourth-order valence-electron chi connectivity index (χ4n) is 4.04. The quantitative estimate of drug-likeness (QED) is 0.635. The number of aliphatic hydroxyl groups excluding tert-OH is 1. The van der Waals surface area contributed by atoms with Gasteiger partial charge in [0.1, 0.15) is 0 Å². The van der Waals surface area contributed by atoms with Crippen LogP contribution in [0.25, 0.3) is 0 Å². The summed E-state index contributed by atoms with van der Waals surface area (Å²) in [5.41, 5.74) is 0. The van der Waals surface area contributed by atoms with Gasteiger partial charge in [-0.05, 0) is 51.2 Å². The van der Waals surface area contributed by atoms with Crippen LogP contribution in [-0.4, -0.2) is 66.8 Å². The van der Waals surface area contributed by atoms with Crippen LogP contribution in [0, 0.1) is 5.92 Å². The van der Waals surface area contributed by atoms with Gasteiger partial charge in [-0.25, -0.2) is 4.79 Å². The number of likely N-dealkylation sites (tertiary alicyclic amines) is 1. The van der Waals surface area contributed by atoms with E-state index in [4.69, 9.17) is 0 Å². The standard InChI is InChI=1S/C19H37N3O2/c23-17-16-22(15-10-18-8-3-1-4-9-18)19(24)20-11-7-14-21-12-5-2-6-13-21/h18,23H,1-17H2,(H,20,24). The van der Waals surface area contributed by atoms with Gasteiger partial charge in [-0.15, -0.1) is 0 Å². The highest BCUT2D eigenvalue weighted by Crippen LogP contribution is 2.26. The summed E-state index contributed by atoms with van der Waals surface area (Å²) in [4.78, 5) is 16.7. The second-order valence-corrected chi connectivity index (χ2v) is 7.49. The Morgan fingerprint density at radius 3 is 2.46 bits per heavy atom. The van der Waals surface area contributed by atoms with E-state index in [0.717, 1.165) is 38.4 Å². The molecule has 2 rings (SSSR count). The summed E-state index contributed by atoms with van der Waals surface area (Å²) in [6, 6.07) is -0.00139. The summed E-state index contributed by atoms with van der Waals surface area (Å²) in [5.74, 6) is 0.770. The number of nitrogens with zero attached hydrogens (tertiary/aromatic N) is 2. The lowest BCUT2D eigenvalue weighted by Gasteiger charge is -2.28. The molecule has 0 aromatic rings. The molecule has 0 aromatic heterocycles. The number of urea groups is 1. The highest BCUT2D eigenvalue weighted by molar-refractivity contribution is 5.74. The number of amides is 2. The molecule has 0 bridgehead atoms. The Kier molecular flexibility index (Phi) is 9.51. The van der Waals surface area contributed by atoms with Crippen LogP contribution >= 0.6 is 0 Å². The summed E-state index contributed by atoms with van der Waals surface area (Å²) in [6.45, 7) is 5.53. The molecule has 5 nitrogen and oxygen atoms in total. The molecule has 24 heavy (non-hydrogen) atoms. The first kappa shape index (κ1) is 19.5. The predicted molar refractivity (Wildman–Crippen MR) is 98.2 cm³/mol. The summed E-state index contributed by atoms with van der Waals surface area (Å²) >= 11 is 0. The topological polar surface area (TPSA) is 55.8 Å². The van der Waals surface area contributed by atoms with Crippen LogP contribution < -0.4 is 5.32 Å². The summed E-state index contributed by atoms with van der Waals surface area (Å²) in [7, 11) is 0. The Morgan fingerprint density at radius 2 is 1.75 bits per heavy atom. The Labute approximate surface area is 147 Å². The van der Waals surface area contributed by atoms with Gasteiger partial charge >= 0.3 is 6.03 Å². The second-order valence-electron chi connectivity index (χ2n) is 7.49. The van der Waals surface area contributed by atoms with Crippen LogP contribution in [0.2, 0.25) is 0 Å². The normalized spacial score (nSPS) is 20.0. The van der Waals surface area contributed by atoms with Crippen molar-refractivity contribution in [3.8, 4) is 0 Å². The number of carbonyl (C=O) groups excluding carboxylic acids is 1. The van der Waals surface area contributed by atoms with Gasteiger partial charge in [-0.2, -0.15) is 0 Å². The molecule has 1 heterocycles. The molecule has 0 spiro atoms. The lowest BCUT2D eigenvalue weighted by atomic mass is 9.87. The summed E-state index contributed by atoms with van der Waals surface area (Å²) in [5, 5.41) is 12.3. The molecule has 1 saturated carbocycles. The van der Waals surface area contributed by atoms with Gasteiger partial charge in [0.2, 0.25) is 0 Å². The number of piperidine rings is 1. The summed E-state index contributed by atoms with van der Waals surface area (Å²) in [6.07, 6.45) is 12.8. The van der Waals surface area contributed by atoms with Crippen LogP contribution in [0.1, 0.15) is 64.2 Å². The van der Waals surface area contributed by atoms with Crippen molar-refractivity contribution in [3.05, 3.63) is 0 Å². The van der Waals surface area contributed by atoms with E-state index in [-0.39, 0.29) is 12.6 Å². The van der Waals surface area contributed by atoms with Gasteiger partial charge in [0.25, 0.3) is 0 Å². The van der Waals surface area contributed by atoms with Crippen LogP contribution in [0.5, 0.6) is 0 Å². The summed E-state index contributed by atoms with van der Waals surface area (Å²) < 4.78 is 0. The first-order valence-corrected chi connectivity index (χ1v) is 10.2. The first-order valence-electron chi connectivity index (χ1n) is 10.2. The minimum Gasteiger partial charge on any atom is -0.395 e. The minimum atomic E-state index is -0.00139. The number of carbonyl (C=O) groups is 1. The lowest BCUT2D eigenvalue weighted by Crippen LogP contribution is -2.43. The maximum atomic E-state index is 12.3. The van der Waals surface area contributed by atoms with Crippen molar-refractivity contribution in [2.45, 2.75) is 64.2 Å².